The van der Waals surface area contributed by atoms with E-state index in [4.69, 9.17) is 9.88 Å². The number of aryl methyl sites for hydroxylation is 1. The number of aliphatic hydroxyl groups is 1. The number of sulfonamides is 1. The molecule has 0 aliphatic carbocycles. The van der Waals surface area contributed by atoms with Crippen molar-refractivity contribution in [3.05, 3.63) is 101 Å². The van der Waals surface area contributed by atoms with Gasteiger partial charge >= 0.3 is 12.1 Å². The number of allylic oxidation sites excluding steroid dienone is 2. The van der Waals surface area contributed by atoms with E-state index < -0.39 is 44.6 Å². The molecule has 2 aliphatic heterocycles. The lowest BCUT2D eigenvalue weighted by Gasteiger charge is -2.39. The number of nitrogens with zero attached hydrogens (tertiary/aromatic N) is 1. The lowest BCUT2D eigenvalue weighted by molar-refractivity contribution is -0.161. The van der Waals surface area contributed by atoms with Crippen molar-refractivity contribution in [3.8, 4) is 0 Å². The van der Waals surface area contributed by atoms with Gasteiger partial charge in [-0.1, -0.05) is 68.8 Å². The molecule has 0 radical (unpaired) electrons. The fraction of sp³-hybridized carbons (Fsp3) is 0.387. The van der Waals surface area contributed by atoms with Crippen molar-refractivity contribution >= 4 is 21.7 Å². The number of anilines is 1. The third-order valence-electron chi connectivity index (χ3n) is 7.75. The number of hydrogen-bond acceptors (Lipinski definition) is 6. The minimum atomic E-state index is -4.74. The first-order chi connectivity index (χ1) is 19.8. The zero-order chi connectivity index (χ0) is 30.7. The van der Waals surface area contributed by atoms with Gasteiger partial charge in [0.15, 0.2) is 5.37 Å². The van der Waals surface area contributed by atoms with Gasteiger partial charge in [-0.3, -0.25) is 0 Å². The monoisotopic (exact) mass is 604 g/mol. The second kappa shape index (κ2) is 12.3. The fourth-order valence-electron chi connectivity index (χ4n) is 5.81. The summed E-state index contributed by atoms with van der Waals surface area (Å²) in [5.74, 6) is -1.63. The van der Waals surface area contributed by atoms with Crippen LogP contribution in [0.4, 0.5) is 18.9 Å². The van der Waals surface area contributed by atoms with Crippen LogP contribution >= 0.6 is 0 Å². The fourth-order valence-corrected chi connectivity index (χ4v) is 6.60. The van der Waals surface area contributed by atoms with Crippen LogP contribution in [0, 0.1) is 0 Å². The van der Waals surface area contributed by atoms with Crippen molar-refractivity contribution in [1.82, 2.24) is 0 Å². The Labute approximate surface area is 244 Å². The number of alkyl halides is 3. The topological polar surface area (TPSA) is 110 Å². The third kappa shape index (κ3) is 6.73. The number of ether oxygens (including phenoxy) is 1. The first-order valence-corrected chi connectivity index (χ1v) is 15.5. The van der Waals surface area contributed by atoms with Gasteiger partial charge in [-0.05, 0) is 55.0 Å². The summed E-state index contributed by atoms with van der Waals surface area (Å²) in [6.07, 6.45) is 0.289. The zero-order valence-corrected chi connectivity index (χ0v) is 24.3. The number of aliphatic hydroxyl groups excluding tert-OH is 1. The molecule has 0 spiro atoms. The molecule has 0 saturated heterocycles. The van der Waals surface area contributed by atoms with E-state index in [0.29, 0.717) is 37.1 Å². The molecule has 0 saturated carbocycles. The Balaban J connectivity index is 1.75. The van der Waals surface area contributed by atoms with E-state index >= 15 is 0 Å². The molecule has 2 aromatic carbocycles. The Morgan fingerprint density at radius 2 is 1.76 bits per heavy atom. The molecule has 0 amide bonds. The average molecular weight is 605 g/mol. The van der Waals surface area contributed by atoms with Crippen LogP contribution in [-0.4, -0.2) is 36.6 Å². The zero-order valence-electron chi connectivity index (χ0n) is 23.5. The molecule has 3 N–H and O–H groups in total. The van der Waals surface area contributed by atoms with Crippen LogP contribution in [0.2, 0.25) is 0 Å². The van der Waals surface area contributed by atoms with Crippen LogP contribution in [0.1, 0.15) is 63.0 Å². The Hall–Kier alpha value is -3.57. The molecule has 2 heterocycles. The van der Waals surface area contributed by atoms with Crippen LogP contribution in [0.3, 0.4) is 0 Å². The van der Waals surface area contributed by atoms with Gasteiger partial charge in [-0.25, -0.2) is 18.4 Å². The highest BCUT2D eigenvalue weighted by Gasteiger charge is 2.44. The molecule has 2 aliphatic rings. The van der Waals surface area contributed by atoms with Gasteiger partial charge in [-0.15, -0.1) is 0 Å². The quantitative estimate of drug-likeness (QED) is 0.298. The summed E-state index contributed by atoms with van der Waals surface area (Å²) in [6, 6.07) is 16.0. The van der Waals surface area contributed by atoms with Crippen LogP contribution in [0.15, 0.2) is 89.9 Å². The van der Waals surface area contributed by atoms with Gasteiger partial charge in [0, 0.05) is 24.2 Å². The number of halogens is 3. The standard InChI is InChI=1S/C31H35F3N2O5S/c1-3-17-30(18-16-21-10-6-5-7-11-21)19-26(37)28(29(38)41-30)23(4-2)24-12-8-9-13-25(24)36-20-22(31(32,33)34)14-15-27(36)42(35,39)40/h5-15,20,23,27,37H,3-4,16-19H2,1-2H3,(H2,35,39,40). The molecule has 3 unspecified atom stereocenters. The predicted octanol–water partition coefficient (Wildman–Crippen LogP) is 6.55. The third-order valence-corrected chi connectivity index (χ3v) is 8.81. The maximum Gasteiger partial charge on any atom is 0.417 e. The number of nitrogens with two attached hydrogens (primary N) is 1. The number of cyclic esters (lactones) is 1. The summed E-state index contributed by atoms with van der Waals surface area (Å²) in [4.78, 5) is 14.6. The predicted molar refractivity (Wildman–Crippen MR) is 155 cm³/mol. The molecule has 7 nitrogen and oxygen atoms in total. The van der Waals surface area contributed by atoms with E-state index in [1.54, 1.807) is 25.1 Å². The van der Waals surface area contributed by atoms with Crippen molar-refractivity contribution in [2.75, 3.05) is 4.90 Å². The van der Waals surface area contributed by atoms with Gasteiger partial charge in [0.2, 0.25) is 10.0 Å². The molecule has 226 valence electrons. The van der Waals surface area contributed by atoms with Crippen molar-refractivity contribution in [2.45, 2.75) is 75.4 Å². The van der Waals surface area contributed by atoms with Crippen LogP contribution < -0.4 is 10.0 Å². The highest BCUT2D eigenvalue weighted by molar-refractivity contribution is 7.90. The molecular weight excluding hydrogens is 569 g/mol. The maximum absolute atomic E-state index is 13.7. The van der Waals surface area contributed by atoms with Gasteiger partial charge in [0.25, 0.3) is 0 Å². The second-order valence-electron chi connectivity index (χ2n) is 10.7. The van der Waals surface area contributed by atoms with E-state index in [1.165, 1.54) is 6.07 Å². The van der Waals surface area contributed by atoms with Gasteiger partial charge in [0.05, 0.1) is 11.1 Å². The lowest BCUT2D eigenvalue weighted by atomic mass is 9.79. The van der Waals surface area contributed by atoms with Gasteiger partial charge in [-0.2, -0.15) is 13.2 Å². The van der Waals surface area contributed by atoms with Gasteiger partial charge < -0.3 is 14.7 Å². The largest absolute Gasteiger partial charge is 0.512 e. The van der Waals surface area contributed by atoms with E-state index in [-0.39, 0.29) is 29.9 Å². The first-order valence-electron chi connectivity index (χ1n) is 13.8. The molecule has 0 bridgehead atoms. The van der Waals surface area contributed by atoms with Crippen molar-refractivity contribution in [2.24, 2.45) is 5.14 Å². The van der Waals surface area contributed by atoms with E-state index in [0.717, 1.165) is 23.0 Å². The molecular formula is C31H35F3N2O5S. The number of benzene rings is 2. The van der Waals surface area contributed by atoms with Crippen LogP contribution in [0.25, 0.3) is 0 Å². The summed E-state index contributed by atoms with van der Waals surface area (Å²) in [6.45, 7) is 3.74. The Kier molecular flexibility index (Phi) is 9.22. The molecule has 4 rings (SSSR count). The SMILES string of the molecule is CCCC1(CCc2ccccc2)CC(O)=C(C(CC)c2ccccc2N2C=C(C(F)(F)F)C=CC2S(N)(=O)=O)C(=O)O1. The number of primary sulfonamides is 1. The normalized spacial score (nSPS) is 22.1. The van der Waals surface area contributed by atoms with E-state index in [9.17, 15) is 31.5 Å². The molecule has 0 aromatic heterocycles. The lowest BCUT2D eigenvalue weighted by Crippen LogP contribution is -2.43. The van der Waals surface area contributed by atoms with E-state index in [1.807, 2.05) is 37.3 Å². The summed E-state index contributed by atoms with van der Waals surface area (Å²) in [5.41, 5.74) is -0.425. The number of para-hydroxylation sites is 1. The van der Waals surface area contributed by atoms with Crippen LogP contribution in [0.5, 0.6) is 0 Å². The first kappa shape index (κ1) is 31.4. The second-order valence-corrected chi connectivity index (χ2v) is 12.4. The highest BCUT2D eigenvalue weighted by Crippen LogP contribution is 2.45. The molecule has 3 atom stereocenters. The average Bonchev–Trinajstić information content (AvgIpc) is 2.93. The number of esters is 1. The van der Waals surface area contributed by atoms with Crippen molar-refractivity contribution in [3.63, 3.8) is 0 Å². The van der Waals surface area contributed by atoms with Crippen molar-refractivity contribution < 1.29 is 36.2 Å². The molecule has 2 aromatic rings. The summed E-state index contributed by atoms with van der Waals surface area (Å²) in [5, 5.41) is 15.2. The smallest absolute Gasteiger partial charge is 0.417 e. The summed E-state index contributed by atoms with van der Waals surface area (Å²) < 4.78 is 71.9. The number of hydrogen-bond donors (Lipinski definition) is 2. The molecule has 0 fully saturated rings. The minimum absolute atomic E-state index is 0.0103. The number of carbonyl (C=O) groups is 1. The maximum atomic E-state index is 13.7. The summed E-state index contributed by atoms with van der Waals surface area (Å²) in [7, 11) is -4.36. The van der Waals surface area contributed by atoms with Gasteiger partial charge in [0.1, 0.15) is 11.4 Å². The number of carbonyl (C=O) groups excluding carboxylic acids is 1. The van der Waals surface area contributed by atoms with E-state index in [2.05, 4.69) is 0 Å². The number of rotatable bonds is 10. The highest BCUT2D eigenvalue weighted by atomic mass is 32.2. The van der Waals surface area contributed by atoms with Crippen LogP contribution in [-0.2, 0) is 26.0 Å². The Morgan fingerprint density at radius 3 is 2.36 bits per heavy atom. The molecule has 42 heavy (non-hydrogen) atoms. The minimum Gasteiger partial charge on any atom is -0.512 e. The summed E-state index contributed by atoms with van der Waals surface area (Å²) >= 11 is 0. The molecule has 11 heteroatoms. The Bertz CT molecular complexity index is 1500. The Morgan fingerprint density at radius 1 is 1.10 bits per heavy atom. The van der Waals surface area contributed by atoms with Crippen molar-refractivity contribution in [1.29, 1.82) is 0 Å².